The van der Waals surface area contributed by atoms with Gasteiger partial charge in [-0.1, -0.05) is 0 Å². The maximum Gasteiger partial charge on any atom is 0.427 e. The van der Waals surface area contributed by atoms with Crippen LogP contribution in [0.4, 0.5) is 29.3 Å². The van der Waals surface area contributed by atoms with Crippen LogP contribution in [0.1, 0.15) is 20.8 Å². The highest BCUT2D eigenvalue weighted by Crippen LogP contribution is 2.40. The Kier molecular flexibility index (Phi) is 9.36. The third kappa shape index (κ3) is 7.72. The molecule has 0 radical (unpaired) electrons. The highest BCUT2D eigenvalue weighted by Gasteiger charge is 2.51. The molecule has 3 N–H and O–H groups in total. The van der Waals surface area contributed by atoms with Crippen LogP contribution in [-0.4, -0.2) is 88.3 Å². The molecule has 1 unspecified atom stereocenters. The summed E-state index contributed by atoms with van der Waals surface area (Å²) in [6, 6.07) is 3.64. The van der Waals surface area contributed by atoms with E-state index in [1.165, 1.54) is 23.0 Å². The van der Waals surface area contributed by atoms with E-state index < -0.39 is 57.2 Å². The summed E-state index contributed by atoms with van der Waals surface area (Å²) in [4.78, 5) is 11.9. The summed E-state index contributed by atoms with van der Waals surface area (Å²) in [6.45, 7) is 1.92. The highest BCUT2D eigenvalue weighted by molar-refractivity contribution is 7.93. The van der Waals surface area contributed by atoms with Crippen LogP contribution in [0.15, 0.2) is 29.3 Å². The number of aliphatic hydroxyl groups excluding tert-OH is 1. The van der Waals surface area contributed by atoms with Crippen LogP contribution in [0.2, 0.25) is 0 Å². The van der Waals surface area contributed by atoms with Crippen molar-refractivity contribution in [1.82, 2.24) is 14.5 Å². The molecule has 1 aromatic heterocycles. The minimum Gasteiger partial charge on any atom is -0.485 e. The minimum absolute atomic E-state index is 0.0321. The van der Waals surface area contributed by atoms with Gasteiger partial charge in [0.25, 0.3) is 15.9 Å². The molecule has 41 heavy (non-hydrogen) atoms. The van der Waals surface area contributed by atoms with E-state index in [0.717, 1.165) is 16.6 Å². The summed E-state index contributed by atoms with van der Waals surface area (Å²) in [7, 11) is -8.18. The molecule has 2 aromatic rings. The number of fused-ring (bicyclic) bond motifs is 1. The molecule has 1 atom stereocenters. The van der Waals surface area contributed by atoms with Gasteiger partial charge in [-0.25, -0.2) is 26.4 Å². The van der Waals surface area contributed by atoms with Gasteiger partial charge < -0.3 is 19.3 Å². The third-order valence-corrected chi connectivity index (χ3v) is 8.11. The lowest BCUT2D eigenvalue weighted by Gasteiger charge is -2.35. The van der Waals surface area contributed by atoms with Crippen molar-refractivity contribution in [3.63, 3.8) is 0 Å². The summed E-state index contributed by atoms with van der Waals surface area (Å²) in [5, 5.41) is 15.4. The first-order valence-corrected chi connectivity index (χ1v) is 15.4. The first-order chi connectivity index (χ1) is 18.9. The van der Waals surface area contributed by atoms with Crippen LogP contribution < -0.4 is 23.8 Å². The zero-order valence-corrected chi connectivity index (χ0v) is 24.1. The van der Waals surface area contributed by atoms with E-state index in [0.29, 0.717) is 13.8 Å². The molecule has 14 nitrogen and oxygen atoms in total. The molecule has 1 aliphatic rings. The molecule has 0 bridgehead atoms. The number of nitrogens with zero attached hydrogens (tertiary/aromatic N) is 3. The van der Waals surface area contributed by atoms with Gasteiger partial charge in [0, 0.05) is 25.0 Å². The van der Waals surface area contributed by atoms with Crippen molar-refractivity contribution in [2.45, 2.75) is 50.1 Å². The molecular weight excluding hydrogens is 599 g/mol. The van der Waals surface area contributed by atoms with Gasteiger partial charge in [-0.3, -0.25) is 14.3 Å². The van der Waals surface area contributed by atoms with Crippen molar-refractivity contribution in [3.8, 4) is 11.6 Å². The molecule has 3 rings (SSSR count). The Bertz CT molecular complexity index is 1480. The van der Waals surface area contributed by atoms with Gasteiger partial charge in [-0.2, -0.15) is 13.2 Å². The lowest BCUT2D eigenvalue weighted by Crippen LogP contribution is -2.48. The first-order valence-electron chi connectivity index (χ1n) is 12.0. The van der Waals surface area contributed by atoms with Crippen molar-refractivity contribution in [1.29, 1.82) is 0 Å². The van der Waals surface area contributed by atoms with E-state index in [-0.39, 0.29) is 47.6 Å². The van der Waals surface area contributed by atoms with Gasteiger partial charge in [-0.05, 0) is 39.0 Å². The van der Waals surface area contributed by atoms with E-state index in [4.69, 9.17) is 14.6 Å². The van der Waals surface area contributed by atoms with E-state index in [1.807, 2.05) is 0 Å². The fourth-order valence-electron chi connectivity index (χ4n) is 3.49. The monoisotopic (exact) mass is 629 g/mol. The Morgan fingerprint density at radius 1 is 1.24 bits per heavy atom. The highest BCUT2D eigenvalue weighted by atomic mass is 32.2. The molecule has 1 aliphatic heterocycles. The number of alkyl halides is 3. The molecule has 230 valence electrons. The SMILES string of the molecule is CCn1cc(S(=O)(=O)N2CC(CNS(C)(=O)=O)Oc3ccc(NC(=O)OC(C)(C)C(F)(F)F)cc32)c(OCCO)n1. The molecule has 0 fully saturated rings. The zero-order valence-electron chi connectivity index (χ0n) is 22.4. The molecular formula is C22H30F3N5O9S2. The molecule has 2 heterocycles. The van der Waals surface area contributed by atoms with Crippen molar-refractivity contribution in [3.05, 3.63) is 24.4 Å². The first kappa shape index (κ1) is 32.2. The quantitative estimate of drug-likeness (QED) is 0.331. The maximum atomic E-state index is 13.9. The number of nitrogens with one attached hydrogen (secondary N) is 2. The van der Waals surface area contributed by atoms with E-state index >= 15 is 0 Å². The number of aryl methyl sites for hydroxylation is 1. The van der Waals surface area contributed by atoms with E-state index in [1.54, 1.807) is 6.92 Å². The van der Waals surface area contributed by atoms with Gasteiger partial charge in [0.05, 0.1) is 25.1 Å². The molecule has 1 amide bonds. The molecule has 0 saturated carbocycles. The number of halogens is 3. The van der Waals surface area contributed by atoms with Gasteiger partial charge >= 0.3 is 12.3 Å². The van der Waals surface area contributed by atoms with Crippen LogP contribution in [-0.2, 0) is 31.3 Å². The number of rotatable bonds is 11. The van der Waals surface area contributed by atoms with Gasteiger partial charge in [0.15, 0.2) is 4.90 Å². The Labute approximate surface area is 234 Å². The second-order valence-electron chi connectivity index (χ2n) is 9.33. The average Bonchev–Trinajstić information content (AvgIpc) is 3.28. The number of carbonyl (C=O) groups excluding carboxylic acids is 1. The Balaban J connectivity index is 2.03. The van der Waals surface area contributed by atoms with Gasteiger partial charge in [-0.15, -0.1) is 5.10 Å². The van der Waals surface area contributed by atoms with Crippen molar-refractivity contribution in [2.24, 2.45) is 0 Å². The van der Waals surface area contributed by atoms with Crippen LogP contribution in [0.5, 0.6) is 11.6 Å². The summed E-state index contributed by atoms with van der Waals surface area (Å²) in [5.74, 6) is -0.331. The average molecular weight is 630 g/mol. The fourth-order valence-corrected chi connectivity index (χ4v) is 5.55. The second kappa shape index (κ2) is 11.9. The minimum atomic E-state index is -4.85. The number of hydrogen-bond acceptors (Lipinski definition) is 10. The zero-order chi connectivity index (χ0) is 30.8. The van der Waals surface area contributed by atoms with Crippen LogP contribution in [0, 0.1) is 0 Å². The van der Waals surface area contributed by atoms with Crippen LogP contribution >= 0.6 is 0 Å². The number of aromatic nitrogens is 2. The third-order valence-electron chi connectivity index (χ3n) is 5.66. The lowest BCUT2D eigenvalue weighted by molar-refractivity contribution is -0.242. The summed E-state index contributed by atoms with van der Waals surface area (Å²) < 4.78 is 111. The number of benzene rings is 1. The number of ether oxygens (including phenoxy) is 3. The second-order valence-corrected chi connectivity index (χ2v) is 13.0. The summed E-state index contributed by atoms with van der Waals surface area (Å²) in [5.41, 5.74) is -3.05. The molecule has 1 aromatic carbocycles. The Morgan fingerprint density at radius 2 is 1.93 bits per heavy atom. The number of hydrogen-bond donors (Lipinski definition) is 3. The predicted molar refractivity (Wildman–Crippen MR) is 139 cm³/mol. The maximum absolute atomic E-state index is 13.9. The van der Waals surface area contributed by atoms with Crippen molar-refractivity contribution in [2.75, 3.05) is 42.2 Å². The molecule has 0 saturated heterocycles. The van der Waals surface area contributed by atoms with Crippen molar-refractivity contribution >= 4 is 37.5 Å². The number of aliphatic hydroxyl groups is 1. The van der Waals surface area contributed by atoms with Gasteiger partial charge in [0.2, 0.25) is 15.6 Å². The summed E-state index contributed by atoms with van der Waals surface area (Å²) >= 11 is 0. The van der Waals surface area contributed by atoms with Crippen molar-refractivity contribution < 1.29 is 54.1 Å². The molecule has 0 aliphatic carbocycles. The molecule has 19 heteroatoms. The van der Waals surface area contributed by atoms with Gasteiger partial charge in [0.1, 0.15) is 18.5 Å². The number of amides is 1. The number of anilines is 2. The van der Waals surface area contributed by atoms with Crippen LogP contribution in [0.25, 0.3) is 0 Å². The normalized spacial score (nSPS) is 16.1. The standard InChI is InChI=1S/C22H30F3N5O9S2/c1-5-29-13-18(19(28-29)37-9-8-31)41(35,36)30-12-15(11-26-40(4,33)34)38-17-7-6-14(10-16(17)30)27-20(32)39-21(2,3)22(23,24)25/h6-7,10,13,15,26,31H,5,8-9,11-12H2,1-4H3,(H,27,32). The Hall–Kier alpha value is -3.29. The fraction of sp³-hybridized carbons (Fsp3) is 0.545. The predicted octanol–water partition coefficient (Wildman–Crippen LogP) is 1.67. The topological polar surface area (TPSA) is 178 Å². The van der Waals surface area contributed by atoms with Crippen LogP contribution in [0.3, 0.4) is 0 Å². The molecule has 0 spiro atoms. The largest absolute Gasteiger partial charge is 0.485 e. The van der Waals surface area contributed by atoms with E-state index in [9.17, 15) is 34.8 Å². The number of carbonyl (C=O) groups is 1. The number of sulfonamides is 2. The van der Waals surface area contributed by atoms with E-state index in [2.05, 4.69) is 19.9 Å². The lowest BCUT2D eigenvalue weighted by atomic mass is 10.1. The smallest absolute Gasteiger partial charge is 0.427 e. The Morgan fingerprint density at radius 3 is 2.51 bits per heavy atom. The summed E-state index contributed by atoms with van der Waals surface area (Å²) in [6.07, 6.45) is -5.19.